The Kier molecular flexibility index (Phi) is 5.06. The normalized spacial score (nSPS) is 28.8. The van der Waals surface area contributed by atoms with Crippen LogP contribution in [-0.2, 0) is 9.53 Å². The molecule has 1 heterocycles. The molecule has 3 atom stereocenters. The highest BCUT2D eigenvalue weighted by Gasteiger charge is 2.34. The smallest absolute Gasteiger partial charge is 0.226 e. The Morgan fingerprint density at radius 1 is 1.62 bits per heavy atom. The first-order chi connectivity index (χ1) is 7.52. The van der Waals surface area contributed by atoms with Crippen molar-refractivity contribution >= 4 is 17.5 Å². The maximum Gasteiger partial charge on any atom is 0.226 e. The highest BCUT2D eigenvalue weighted by Crippen LogP contribution is 2.23. The molecule has 0 aromatic heterocycles. The lowest BCUT2D eigenvalue weighted by Crippen LogP contribution is -2.49. The molecular formula is C12H22ClNO2. The zero-order valence-electron chi connectivity index (χ0n) is 10.4. The quantitative estimate of drug-likeness (QED) is 0.758. The molecule has 3 unspecified atom stereocenters. The lowest BCUT2D eigenvalue weighted by atomic mass is 9.93. The maximum absolute atomic E-state index is 12.1. The number of nitrogens with one attached hydrogen (secondary N) is 1. The van der Waals surface area contributed by atoms with E-state index in [4.69, 9.17) is 16.3 Å². The van der Waals surface area contributed by atoms with Crippen molar-refractivity contribution in [3.63, 3.8) is 0 Å². The van der Waals surface area contributed by atoms with Gasteiger partial charge in [0.05, 0.1) is 12.0 Å². The van der Waals surface area contributed by atoms with Crippen molar-refractivity contribution in [3.05, 3.63) is 0 Å². The van der Waals surface area contributed by atoms with Crippen LogP contribution < -0.4 is 5.32 Å². The molecule has 0 aromatic rings. The van der Waals surface area contributed by atoms with Crippen LogP contribution in [0.2, 0.25) is 0 Å². The van der Waals surface area contributed by atoms with E-state index < -0.39 is 0 Å². The Morgan fingerprint density at radius 2 is 2.31 bits per heavy atom. The van der Waals surface area contributed by atoms with E-state index in [1.807, 2.05) is 13.8 Å². The highest BCUT2D eigenvalue weighted by molar-refractivity contribution is 6.17. The van der Waals surface area contributed by atoms with Crippen molar-refractivity contribution in [2.45, 2.75) is 51.7 Å². The monoisotopic (exact) mass is 247 g/mol. The van der Waals surface area contributed by atoms with Gasteiger partial charge in [-0.25, -0.2) is 0 Å². The SMILES string of the molecule is CCC(C)(CCCl)NC(=O)C1CCOC1C. The predicted octanol–water partition coefficient (Wildman–Crippen LogP) is 2.33. The molecule has 94 valence electrons. The average molecular weight is 248 g/mol. The minimum Gasteiger partial charge on any atom is -0.378 e. The Morgan fingerprint density at radius 3 is 2.75 bits per heavy atom. The first-order valence-electron chi connectivity index (χ1n) is 6.02. The fourth-order valence-electron chi connectivity index (χ4n) is 2.00. The van der Waals surface area contributed by atoms with Gasteiger partial charge in [-0.2, -0.15) is 0 Å². The number of amides is 1. The van der Waals surface area contributed by atoms with Crippen LogP contribution in [0.3, 0.4) is 0 Å². The van der Waals surface area contributed by atoms with E-state index in [0.29, 0.717) is 12.5 Å². The fraction of sp³-hybridized carbons (Fsp3) is 0.917. The van der Waals surface area contributed by atoms with E-state index in [2.05, 4.69) is 12.2 Å². The van der Waals surface area contributed by atoms with E-state index in [1.54, 1.807) is 0 Å². The minimum absolute atomic E-state index is 0.00111. The molecule has 1 aliphatic heterocycles. The Hall–Kier alpha value is -0.280. The summed E-state index contributed by atoms with van der Waals surface area (Å²) in [5, 5.41) is 3.11. The van der Waals surface area contributed by atoms with Crippen LogP contribution in [-0.4, -0.2) is 30.0 Å². The Bertz CT molecular complexity index is 247. The summed E-state index contributed by atoms with van der Waals surface area (Å²) >= 11 is 5.76. The van der Waals surface area contributed by atoms with Crippen LogP contribution in [0, 0.1) is 5.92 Å². The van der Waals surface area contributed by atoms with Gasteiger partial charge in [0.1, 0.15) is 0 Å². The van der Waals surface area contributed by atoms with E-state index in [1.165, 1.54) is 0 Å². The zero-order chi connectivity index (χ0) is 12.2. The van der Waals surface area contributed by atoms with Gasteiger partial charge in [-0.3, -0.25) is 4.79 Å². The minimum atomic E-state index is -0.179. The van der Waals surface area contributed by atoms with E-state index >= 15 is 0 Å². The summed E-state index contributed by atoms with van der Waals surface area (Å²) < 4.78 is 5.41. The third kappa shape index (κ3) is 3.36. The van der Waals surface area contributed by atoms with Gasteiger partial charge in [0, 0.05) is 18.0 Å². The molecule has 16 heavy (non-hydrogen) atoms. The Labute approximate surface area is 103 Å². The number of carbonyl (C=O) groups is 1. The van der Waals surface area contributed by atoms with Gasteiger partial charge in [-0.15, -0.1) is 11.6 Å². The van der Waals surface area contributed by atoms with Crippen molar-refractivity contribution in [3.8, 4) is 0 Å². The number of ether oxygens (including phenoxy) is 1. The summed E-state index contributed by atoms with van der Waals surface area (Å²) in [6, 6.07) is 0. The summed E-state index contributed by atoms with van der Waals surface area (Å²) in [6.07, 6.45) is 2.57. The molecule has 1 aliphatic rings. The molecule has 0 aliphatic carbocycles. The van der Waals surface area contributed by atoms with Gasteiger partial charge in [-0.05, 0) is 33.1 Å². The van der Waals surface area contributed by atoms with E-state index in [9.17, 15) is 4.79 Å². The van der Waals surface area contributed by atoms with Gasteiger partial charge in [-0.1, -0.05) is 6.92 Å². The van der Waals surface area contributed by atoms with Crippen molar-refractivity contribution in [2.24, 2.45) is 5.92 Å². The van der Waals surface area contributed by atoms with Crippen LogP contribution in [0.5, 0.6) is 0 Å². The molecule has 0 radical (unpaired) electrons. The van der Waals surface area contributed by atoms with Crippen molar-refractivity contribution in [1.29, 1.82) is 0 Å². The zero-order valence-corrected chi connectivity index (χ0v) is 11.1. The lowest BCUT2D eigenvalue weighted by molar-refractivity contribution is -0.128. The summed E-state index contributed by atoms with van der Waals surface area (Å²) in [5.41, 5.74) is -0.179. The third-order valence-electron chi connectivity index (χ3n) is 3.56. The van der Waals surface area contributed by atoms with Crippen molar-refractivity contribution in [1.82, 2.24) is 5.32 Å². The lowest BCUT2D eigenvalue weighted by Gasteiger charge is -2.30. The van der Waals surface area contributed by atoms with E-state index in [0.717, 1.165) is 19.3 Å². The van der Waals surface area contributed by atoms with Gasteiger partial charge in [0.15, 0.2) is 0 Å². The van der Waals surface area contributed by atoms with Crippen LogP contribution in [0.15, 0.2) is 0 Å². The number of alkyl halides is 1. The van der Waals surface area contributed by atoms with Crippen LogP contribution in [0.25, 0.3) is 0 Å². The molecular weight excluding hydrogens is 226 g/mol. The summed E-state index contributed by atoms with van der Waals surface area (Å²) in [4.78, 5) is 12.1. The van der Waals surface area contributed by atoms with Gasteiger partial charge < -0.3 is 10.1 Å². The average Bonchev–Trinajstić information content (AvgIpc) is 2.65. The van der Waals surface area contributed by atoms with Crippen molar-refractivity contribution < 1.29 is 9.53 Å². The number of carbonyl (C=O) groups excluding carboxylic acids is 1. The molecule has 1 rings (SSSR count). The molecule has 3 nitrogen and oxygen atoms in total. The topological polar surface area (TPSA) is 38.3 Å². The van der Waals surface area contributed by atoms with Crippen LogP contribution in [0.4, 0.5) is 0 Å². The first-order valence-corrected chi connectivity index (χ1v) is 6.55. The largest absolute Gasteiger partial charge is 0.378 e. The molecule has 0 saturated carbocycles. The summed E-state index contributed by atoms with van der Waals surface area (Å²) in [5.74, 6) is 0.683. The summed E-state index contributed by atoms with van der Waals surface area (Å²) in [6.45, 7) is 6.77. The maximum atomic E-state index is 12.1. The molecule has 1 amide bonds. The number of rotatable bonds is 5. The van der Waals surface area contributed by atoms with Crippen LogP contribution in [0.1, 0.15) is 40.0 Å². The molecule has 1 fully saturated rings. The van der Waals surface area contributed by atoms with Gasteiger partial charge >= 0.3 is 0 Å². The predicted molar refractivity (Wildman–Crippen MR) is 65.7 cm³/mol. The number of halogens is 1. The molecule has 0 aromatic carbocycles. The second kappa shape index (κ2) is 5.87. The second-order valence-electron chi connectivity index (χ2n) is 4.81. The fourth-order valence-corrected chi connectivity index (χ4v) is 2.42. The highest BCUT2D eigenvalue weighted by atomic mass is 35.5. The van der Waals surface area contributed by atoms with Crippen molar-refractivity contribution in [2.75, 3.05) is 12.5 Å². The molecule has 0 bridgehead atoms. The molecule has 1 N–H and O–H groups in total. The number of hydrogen-bond acceptors (Lipinski definition) is 2. The molecule has 1 saturated heterocycles. The molecule has 0 spiro atoms. The molecule has 4 heteroatoms. The van der Waals surface area contributed by atoms with Gasteiger partial charge in [0.2, 0.25) is 5.91 Å². The number of hydrogen-bond donors (Lipinski definition) is 1. The van der Waals surface area contributed by atoms with E-state index in [-0.39, 0.29) is 23.5 Å². The second-order valence-corrected chi connectivity index (χ2v) is 5.19. The standard InChI is InChI=1S/C12H22ClNO2/c1-4-12(3,6-7-13)14-11(15)10-5-8-16-9(10)2/h9-10H,4-8H2,1-3H3,(H,14,15). The first kappa shape index (κ1) is 13.8. The third-order valence-corrected chi connectivity index (χ3v) is 3.75. The van der Waals surface area contributed by atoms with Gasteiger partial charge in [0.25, 0.3) is 0 Å². The Balaban J connectivity index is 2.54. The summed E-state index contributed by atoms with van der Waals surface area (Å²) in [7, 11) is 0. The van der Waals surface area contributed by atoms with Crippen LogP contribution >= 0.6 is 11.6 Å².